The van der Waals surface area contributed by atoms with Gasteiger partial charge in [0.1, 0.15) is 0 Å². The summed E-state index contributed by atoms with van der Waals surface area (Å²) in [6.45, 7) is 4.67. The van der Waals surface area contributed by atoms with Gasteiger partial charge in [-0.15, -0.1) is 0 Å². The van der Waals surface area contributed by atoms with Gasteiger partial charge >= 0.3 is 0 Å². The average molecular weight is 345 g/mol. The first kappa shape index (κ1) is 16.8. The van der Waals surface area contributed by atoms with Crippen molar-refractivity contribution in [3.8, 4) is 11.5 Å². The second-order valence-corrected chi connectivity index (χ2v) is 5.11. The van der Waals surface area contributed by atoms with Crippen molar-refractivity contribution in [1.29, 1.82) is 0 Å². The number of likely N-dealkylation sites (N-methyl/N-ethyl adjacent to an activating group) is 1. The summed E-state index contributed by atoms with van der Waals surface area (Å²) >= 11 is 3.46. The van der Waals surface area contributed by atoms with Crippen molar-refractivity contribution < 1.29 is 14.3 Å². The van der Waals surface area contributed by atoms with Crippen molar-refractivity contribution >= 4 is 21.8 Å². The van der Waals surface area contributed by atoms with Crippen molar-refractivity contribution in [2.75, 3.05) is 20.2 Å². The lowest BCUT2D eigenvalue weighted by Gasteiger charge is -2.18. The normalized spacial score (nSPS) is 11.8. The number of amides is 1. The van der Waals surface area contributed by atoms with E-state index in [2.05, 4.69) is 21.2 Å². The maximum Gasteiger partial charge on any atom is 0.260 e. The molecule has 1 aromatic rings. The minimum Gasteiger partial charge on any atom is -0.490 e. The lowest BCUT2D eigenvalue weighted by molar-refractivity contribution is -0.126. The van der Waals surface area contributed by atoms with E-state index < -0.39 is 6.10 Å². The third-order valence-electron chi connectivity index (χ3n) is 2.71. The fourth-order valence-electron chi connectivity index (χ4n) is 1.74. The summed E-state index contributed by atoms with van der Waals surface area (Å²) in [4.78, 5) is 11.6. The van der Waals surface area contributed by atoms with Gasteiger partial charge in [0.15, 0.2) is 17.6 Å². The first-order valence-electron chi connectivity index (χ1n) is 6.57. The van der Waals surface area contributed by atoms with Gasteiger partial charge in [0, 0.05) is 7.05 Å². The van der Waals surface area contributed by atoms with E-state index in [0.717, 1.165) is 16.5 Å². The predicted molar refractivity (Wildman–Crippen MR) is 82.2 cm³/mol. The third kappa shape index (κ3) is 4.38. The zero-order valence-corrected chi connectivity index (χ0v) is 13.6. The number of ether oxygens (including phenoxy) is 2. The molecular formula is C14H21BrN2O3. The molecule has 20 heavy (non-hydrogen) atoms. The minimum absolute atomic E-state index is 0.189. The summed E-state index contributed by atoms with van der Waals surface area (Å²) in [5, 5.41) is 2.55. The van der Waals surface area contributed by atoms with Gasteiger partial charge in [-0.25, -0.2) is 0 Å². The molecule has 1 atom stereocenters. The molecule has 5 nitrogen and oxygen atoms in total. The summed E-state index contributed by atoms with van der Waals surface area (Å²) in [7, 11) is 1.57. The van der Waals surface area contributed by atoms with Crippen molar-refractivity contribution in [1.82, 2.24) is 5.32 Å². The van der Waals surface area contributed by atoms with Crippen molar-refractivity contribution in [2.24, 2.45) is 5.73 Å². The minimum atomic E-state index is -0.601. The molecule has 3 N–H and O–H groups in total. The molecule has 6 heteroatoms. The van der Waals surface area contributed by atoms with E-state index in [4.69, 9.17) is 15.2 Å². The number of nitrogens with two attached hydrogens (primary N) is 1. The van der Waals surface area contributed by atoms with Crippen LogP contribution in [0.15, 0.2) is 16.6 Å². The Morgan fingerprint density at radius 1 is 1.50 bits per heavy atom. The lowest BCUT2D eigenvalue weighted by Crippen LogP contribution is -2.33. The molecule has 0 saturated heterocycles. The standard InChI is InChI=1S/C14H21BrN2O3/c1-4-19-12-8-10(5-6-16)7-11(15)13(12)20-9(2)14(18)17-3/h7-9H,4-6,16H2,1-3H3,(H,17,18). The van der Waals surface area contributed by atoms with Crippen LogP contribution in [0.2, 0.25) is 0 Å². The molecule has 112 valence electrons. The van der Waals surface area contributed by atoms with Crippen LogP contribution in [0.3, 0.4) is 0 Å². The molecule has 1 amide bonds. The zero-order chi connectivity index (χ0) is 15.1. The van der Waals surface area contributed by atoms with Crippen molar-refractivity contribution in [3.05, 3.63) is 22.2 Å². The Bertz CT molecular complexity index is 466. The number of hydrogen-bond donors (Lipinski definition) is 2. The van der Waals surface area contributed by atoms with Crippen LogP contribution < -0.4 is 20.5 Å². The largest absolute Gasteiger partial charge is 0.490 e. The van der Waals surface area contributed by atoms with Crippen LogP contribution >= 0.6 is 15.9 Å². The molecule has 0 aromatic heterocycles. The van der Waals surface area contributed by atoms with Gasteiger partial charge in [-0.3, -0.25) is 4.79 Å². The molecule has 1 unspecified atom stereocenters. The maximum atomic E-state index is 11.6. The highest BCUT2D eigenvalue weighted by atomic mass is 79.9. The van der Waals surface area contributed by atoms with E-state index in [0.29, 0.717) is 24.7 Å². The van der Waals surface area contributed by atoms with Crippen molar-refractivity contribution in [3.63, 3.8) is 0 Å². The molecule has 0 aliphatic rings. The molecule has 1 rings (SSSR count). The highest BCUT2D eigenvalue weighted by molar-refractivity contribution is 9.10. The van der Waals surface area contributed by atoms with Gasteiger partial charge in [-0.2, -0.15) is 0 Å². The summed E-state index contributed by atoms with van der Waals surface area (Å²) in [5.74, 6) is 0.954. The van der Waals surface area contributed by atoms with E-state index in [9.17, 15) is 4.79 Å². The smallest absolute Gasteiger partial charge is 0.260 e. The van der Waals surface area contributed by atoms with Crippen LogP contribution in [0.5, 0.6) is 11.5 Å². The Hall–Kier alpha value is -1.27. The van der Waals surface area contributed by atoms with Crippen LogP contribution in [0.25, 0.3) is 0 Å². The fourth-order valence-corrected chi connectivity index (χ4v) is 2.33. The monoisotopic (exact) mass is 344 g/mol. The zero-order valence-electron chi connectivity index (χ0n) is 12.0. The molecule has 0 spiro atoms. The Morgan fingerprint density at radius 3 is 2.75 bits per heavy atom. The van der Waals surface area contributed by atoms with Crippen molar-refractivity contribution in [2.45, 2.75) is 26.4 Å². The average Bonchev–Trinajstić information content (AvgIpc) is 2.42. The van der Waals surface area contributed by atoms with Crippen LogP contribution in [0.4, 0.5) is 0 Å². The second kappa shape index (κ2) is 8.11. The molecule has 0 aliphatic carbocycles. The summed E-state index contributed by atoms with van der Waals surface area (Å²) in [5.41, 5.74) is 6.63. The van der Waals surface area contributed by atoms with Gasteiger partial charge in [0.2, 0.25) is 0 Å². The number of halogens is 1. The maximum absolute atomic E-state index is 11.6. The Morgan fingerprint density at radius 2 is 2.20 bits per heavy atom. The number of benzene rings is 1. The molecular weight excluding hydrogens is 324 g/mol. The molecule has 0 saturated carbocycles. The molecule has 0 radical (unpaired) electrons. The second-order valence-electron chi connectivity index (χ2n) is 4.25. The van der Waals surface area contributed by atoms with E-state index in [1.54, 1.807) is 14.0 Å². The Labute approximate surface area is 127 Å². The summed E-state index contributed by atoms with van der Waals surface area (Å²) in [6.07, 6.45) is 0.153. The molecule has 0 heterocycles. The van der Waals surface area contributed by atoms with E-state index in [-0.39, 0.29) is 5.91 Å². The summed E-state index contributed by atoms with van der Waals surface area (Å²) < 4.78 is 12.0. The van der Waals surface area contributed by atoms with Crippen LogP contribution in [-0.2, 0) is 11.2 Å². The van der Waals surface area contributed by atoms with Gasteiger partial charge in [0.25, 0.3) is 5.91 Å². The number of hydrogen-bond acceptors (Lipinski definition) is 4. The Kier molecular flexibility index (Phi) is 6.81. The van der Waals surface area contributed by atoms with Gasteiger partial charge in [-0.05, 0) is 60.4 Å². The SMILES string of the molecule is CCOc1cc(CCN)cc(Br)c1OC(C)C(=O)NC. The lowest BCUT2D eigenvalue weighted by atomic mass is 10.1. The third-order valence-corrected chi connectivity index (χ3v) is 3.30. The van der Waals surface area contributed by atoms with E-state index >= 15 is 0 Å². The van der Waals surface area contributed by atoms with Crippen LogP contribution in [0.1, 0.15) is 19.4 Å². The first-order chi connectivity index (χ1) is 9.53. The fraction of sp³-hybridized carbons (Fsp3) is 0.500. The Balaban J connectivity index is 3.06. The number of carbonyl (C=O) groups is 1. The molecule has 0 fully saturated rings. The first-order valence-corrected chi connectivity index (χ1v) is 7.36. The van der Waals surface area contributed by atoms with Gasteiger partial charge in [-0.1, -0.05) is 0 Å². The highest BCUT2D eigenvalue weighted by Crippen LogP contribution is 2.37. The topological polar surface area (TPSA) is 73.6 Å². The molecule has 1 aromatic carbocycles. The quantitative estimate of drug-likeness (QED) is 0.791. The molecule has 0 aliphatic heterocycles. The highest BCUT2D eigenvalue weighted by Gasteiger charge is 2.18. The molecule has 0 bridgehead atoms. The predicted octanol–water partition coefficient (Wildman–Crippen LogP) is 1.86. The van der Waals surface area contributed by atoms with Crippen LogP contribution in [0, 0.1) is 0 Å². The number of nitrogens with one attached hydrogen (secondary N) is 1. The number of rotatable bonds is 7. The number of carbonyl (C=O) groups excluding carboxylic acids is 1. The van der Waals surface area contributed by atoms with Crippen LogP contribution in [-0.4, -0.2) is 32.2 Å². The van der Waals surface area contributed by atoms with Gasteiger partial charge < -0.3 is 20.5 Å². The van der Waals surface area contributed by atoms with E-state index in [1.807, 2.05) is 19.1 Å². The van der Waals surface area contributed by atoms with E-state index in [1.165, 1.54) is 0 Å². The summed E-state index contributed by atoms with van der Waals surface area (Å²) in [6, 6.07) is 3.83. The van der Waals surface area contributed by atoms with Gasteiger partial charge in [0.05, 0.1) is 11.1 Å².